The van der Waals surface area contributed by atoms with E-state index in [1.807, 2.05) is 6.08 Å². The van der Waals surface area contributed by atoms with Crippen LogP contribution in [0.25, 0.3) is 0 Å². The van der Waals surface area contributed by atoms with Crippen molar-refractivity contribution in [1.29, 1.82) is 0 Å². The van der Waals surface area contributed by atoms with E-state index in [0.29, 0.717) is 5.78 Å². The summed E-state index contributed by atoms with van der Waals surface area (Å²) in [7, 11) is 0. The Kier molecular flexibility index (Phi) is 3.09. The van der Waals surface area contributed by atoms with Crippen LogP contribution >= 0.6 is 0 Å². The van der Waals surface area contributed by atoms with Crippen molar-refractivity contribution in [2.45, 2.75) is 32.1 Å². The van der Waals surface area contributed by atoms with Crippen LogP contribution in [0.4, 0.5) is 0 Å². The van der Waals surface area contributed by atoms with Crippen LogP contribution in [0.5, 0.6) is 0 Å². The molecule has 60 valence electrons. The van der Waals surface area contributed by atoms with Gasteiger partial charge in [0.25, 0.3) is 0 Å². The smallest absolute Gasteiger partial charge is 0.133 e. The molecule has 0 amide bonds. The molecule has 0 heterocycles. The number of Topliss-reactive ketones (excluding diaryl/α,β-unsaturated/α-hetero) is 1. The quantitative estimate of drug-likeness (QED) is 0.561. The van der Waals surface area contributed by atoms with E-state index in [1.165, 1.54) is 5.57 Å². The second kappa shape index (κ2) is 4.12. The van der Waals surface area contributed by atoms with Crippen molar-refractivity contribution >= 4 is 5.78 Å². The zero-order valence-electron chi connectivity index (χ0n) is 6.81. The Morgan fingerprint density at radius 3 is 2.91 bits per heavy atom. The molecule has 11 heavy (non-hydrogen) atoms. The molecular formula is C10H14O. The maximum absolute atomic E-state index is 11.0. The lowest BCUT2D eigenvalue weighted by atomic mass is 9.99. The minimum Gasteiger partial charge on any atom is -0.300 e. The lowest BCUT2D eigenvalue weighted by Gasteiger charge is -2.06. The summed E-state index contributed by atoms with van der Waals surface area (Å²) in [6.45, 7) is 3.72. The molecule has 0 unspecified atom stereocenters. The van der Waals surface area contributed by atoms with E-state index < -0.39 is 0 Å². The molecule has 0 bridgehead atoms. The Hall–Kier alpha value is -0.850. The number of carbonyl (C=O) groups is 1. The fraction of sp³-hybridized carbons (Fsp3) is 0.500. The first-order chi connectivity index (χ1) is 5.33. The van der Waals surface area contributed by atoms with Gasteiger partial charge < -0.3 is 0 Å². The third-order valence-corrected chi connectivity index (χ3v) is 2.01. The number of ketones is 1. The lowest BCUT2D eigenvalue weighted by molar-refractivity contribution is -0.119. The fourth-order valence-electron chi connectivity index (χ4n) is 1.32. The Balaban J connectivity index is 2.52. The van der Waals surface area contributed by atoms with Crippen LogP contribution in [0.15, 0.2) is 24.3 Å². The second-order valence-corrected chi connectivity index (χ2v) is 2.91. The molecule has 0 fully saturated rings. The van der Waals surface area contributed by atoms with Crippen LogP contribution in [0.1, 0.15) is 32.1 Å². The van der Waals surface area contributed by atoms with E-state index in [9.17, 15) is 4.79 Å². The van der Waals surface area contributed by atoms with Crippen LogP contribution in [0.3, 0.4) is 0 Å². The van der Waals surface area contributed by atoms with E-state index in [0.717, 1.165) is 32.1 Å². The molecule has 1 nitrogen and oxygen atoms in total. The molecule has 0 N–H and O–H groups in total. The first-order valence-electron chi connectivity index (χ1n) is 4.16. The summed E-state index contributed by atoms with van der Waals surface area (Å²) in [5, 5.41) is 0. The molecule has 1 rings (SSSR count). The Bertz CT molecular complexity index is 189. The molecule has 0 aliphatic heterocycles. The maximum Gasteiger partial charge on any atom is 0.133 e. The first kappa shape index (κ1) is 8.25. The predicted molar refractivity (Wildman–Crippen MR) is 46.4 cm³/mol. The average Bonchev–Trinajstić information content (AvgIpc) is 1.96. The predicted octanol–water partition coefficient (Wildman–Crippen LogP) is 2.63. The Labute approximate surface area is 67.8 Å². The van der Waals surface area contributed by atoms with E-state index in [2.05, 4.69) is 12.7 Å². The van der Waals surface area contributed by atoms with Gasteiger partial charge in [-0.05, 0) is 19.3 Å². The molecule has 0 spiro atoms. The number of hydrogen-bond acceptors (Lipinski definition) is 1. The van der Waals surface area contributed by atoms with E-state index >= 15 is 0 Å². The maximum atomic E-state index is 11.0. The molecule has 1 aliphatic rings. The van der Waals surface area contributed by atoms with Gasteiger partial charge in [0, 0.05) is 12.8 Å². The van der Waals surface area contributed by atoms with Crippen molar-refractivity contribution < 1.29 is 4.79 Å². The van der Waals surface area contributed by atoms with Crippen molar-refractivity contribution in [2.24, 2.45) is 0 Å². The average molecular weight is 150 g/mol. The number of hydrogen-bond donors (Lipinski definition) is 0. The molecule has 0 radical (unpaired) electrons. The number of allylic oxidation sites excluding steroid dienone is 3. The van der Waals surface area contributed by atoms with Crippen molar-refractivity contribution in [3.8, 4) is 0 Å². The molecule has 1 heteroatoms. The molecule has 0 atom stereocenters. The summed E-state index contributed by atoms with van der Waals surface area (Å²) >= 11 is 0. The highest BCUT2D eigenvalue weighted by Crippen LogP contribution is 2.15. The summed E-state index contributed by atoms with van der Waals surface area (Å²) in [5.74, 6) is 0.407. The Morgan fingerprint density at radius 1 is 1.36 bits per heavy atom. The molecule has 1 aliphatic carbocycles. The third kappa shape index (κ3) is 2.71. The SMILES string of the molecule is C=C/C1=C/CCC(=O)CCC1. The Morgan fingerprint density at radius 2 is 2.18 bits per heavy atom. The lowest BCUT2D eigenvalue weighted by Crippen LogP contribution is -1.99. The summed E-state index contributed by atoms with van der Waals surface area (Å²) in [6.07, 6.45) is 8.43. The number of rotatable bonds is 1. The molecule has 0 aromatic carbocycles. The van der Waals surface area contributed by atoms with Crippen molar-refractivity contribution in [3.05, 3.63) is 24.3 Å². The van der Waals surface area contributed by atoms with Crippen LogP contribution < -0.4 is 0 Å². The summed E-state index contributed by atoms with van der Waals surface area (Å²) in [6, 6.07) is 0. The minimum atomic E-state index is 0.407. The highest BCUT2D eigenvalue weighted by atomic mass is 16.1. The van der Waals surface area contributed by atoms with Gasteiger partial charge in [-0.3, -0.25) is 4.79 Å². The largest absolute Gasteiger partial charge is 0.300 e. The normalized spacial score (nSPS) is 24.7. The summed E-state index contributed by atoms with van der Waals surface area (Å²) < 4.78 is 0. The van der Waals surface area contributed by atoms with Gasteiger partial charge in [0.05, 0.1) is 0 Å². The molecular weight excluding hydrogens is 136 g/mol. The first-order valence-corrected chi connectivity index (χ1v) is 4.16. The second-order valence-electron chi connectivity index (χ2n) is 2.91. The van der Waals surface area contributed by atoms with Crippen molar-refractivity contribution in [1.82, 2.24) is 0 Å². The zero-order valence-corrected chi connectivity index (χ0v) is 6.81. The van der Waals surface area contributed by atoms with E-state index in [-0.39, 0.29) is 0 Å². The van der Waals surface area contributed by atoms with E-state index in [1.54, 1.807) is 0 Å². The highest BCUT2D eigenvalue weighted by molar-refractivity contribution is 5.78. The highest BCUT2D eigenvalue weighted by Gasteiger charge is 2.04. The van der Waals surface area contributed by atoms with Gasteiger partial charge in [0.2, 0.25) is 0 Å². The van der Waals surface area contributed by atoms with Gasteiger partial charge in [-0.15, -0.1) is 0 Å². The van der Waals surface area contributed by atoms with Crippen LogP contribution in [-0.2, 0) is 4.79 Å². The fourth-order valence-corrected chi connectivity index (χ4v) is 1.32. The zero-order chi connectivity index (χ0) is 8.10. The third-order valence-electron chi connectivity index (χ3n) is 2.01. The van der Waals surface area contributed by atoms with Gasteiger partial charge in [-0.2, -0.15) is 0 Å². The van der Waals surface area contributed by atoms with E-state index in [4.69, 9.17) is 0 Å². The molecule has 0 aromatic rings. The standard InChI is InChI=1S/C10H14O/c1-2-9-5-3-7-10(11)8-4-6-9/h2,5H,1,3-4,6-8H2/b9-5-. The van der Waals surface area contributed by atoms with Gasteiger partial charge in [0.15, 0.2) is 0 Å². The number of carbonyl (C=O) groups excluding carboxylic acids is 1. The summed E-state index contributed by atoms with van der Waals surface area (Å²) in [4.78, 5) is 11.0. The van der Waals surface area contributed by atoms with Crippen LogP contribution in [0, 0.1) is 0 Å². The van der Waals surface area contributed by atoms with Crippen LogP contribution in [0.2, 0.25) is 0 Å². The van der Waals surface area contributed by atoms with Gasteiger partial charge in [-0.1, -0.05) is 24.3 Å². The van der Waals surface area contributed by atoms with Gasteiger partial charge in [-0.25, -0.2) is 0 Å². The van der Waals surface area contributed by atoms with Crippen molar-refractivity contribution in [3.63, 3.8) is 0 Å². The topological polar surface area (TPSA) is 17.1 Å². The molecule has 0 saturated heterocycles. The molecule has 0 aromatic heterocycles. The van der Waals surface area contributed by atoms with Gasteiger partial charge >= 0.3 is 0 Å². The summed E-state index contributed by atoms with van der Waals surface area (Å²) in [5.41, 5.74) is 1.30. The van der Waals surface area contributed by atoms with Crippen LogP contribution in [-0.4, -0.2) is 5.78 Å². The van der Waals surface area contributed by atoms with Crippen molar-refractivity contribution in [2.75, 3.05) is 0 Å². The monoisotopic (exact) mass is 150 g/mol. The van der Waals surface area contributed by atoms with Gasteiger partial charge in [0.1, 0.15) is 5.78 Å². The molecule has 0 saturated carbocycles. The minimum absolute atomic E-state index is 0.407.